The zero-order valence-corrected chi connectivity index (χ0v) is 10.7. The molecule has 1 aliphatic rings. The molecule has 2 unspecified atom stereocenters. The first-order valence-electron chi connectivity index (χ1n) is 5.69. The molecule has 0 aromatic carbocycles. The van der Waals surface area contributed by atoms with E-state index in [1.807, 2.05) is 0 Å². The second-order valence-corrected chi connectivity index (χ2v) is 4.94. The monoisotopic (exact) mass is 285 g/mol. The summed E-state index contributed by atoms with van der Waals surface area (Å²) in [6, 6.07) is 3.41. The average molecular weight is 286 g/mol. The van der Waals surface area contributed by atoms with Crippen molar-refractivity contribution in [3.8, 4) is 0 Å². The lowest BCUT2D eigenvalue weighted by atomic mass is 9.98. The van der Waals surface area contributed by atoms with Crippen LogP contribution in [0.3, 0.4) is 0 Å². The van der Waals surface area contributed by atoms with Crippen molar-refractivity contribution >= 4 is 21.8 Å². The molecule has 1 fully saturated rings. The zero-order chi connectivity index (χ0) is 11.4. The van der Waals surface area contributed by atoms with Crippen LogP contribution in [0.2, 0.25) is 0 Å². The van der Waals surface area contributed by atoms with Crippen LogP contribution in [-0.4, -0.2) is 17.8 Å². The summed E-state index contributed by atoms with van der Waals surface area (Å²) in [6.45, 7) is 0.760. The summed E-state index contributed by atoms with van der Waals surface area (Å²) in [5.74, 6) is 1.61. The number of halogens is 1. The van der Waals surface area contributed by atoms with Gasteiger partial charge in [-0.25, -0.2) is 0 Å². The van der Waals surface area contributed by atoms with Gasteiger partial charge in [0.15, 0.2) is 5.76 Å². The number of nitrogens with one attached hydrogen (secondary N) is 1. The molecule has 4 heteroatoms. The van der Waals surface area contributed by atoms with Crippen LogP contribution in [-0.2, 0) is 0 Å². The van der Waals surface area contributed by atoms with E-state index >= 15 is 0 Å². The Hall–Kier alpha value is -0.770. The van der Waals surface area contributed by atoms with Gasteiger partial charge in [-0.1, -0.05) is 22.4 Å². The number of hydrogen-bond donors (Lipinski definition) is 1. The van der Waals surface area contributed by atoms with Crippen molar-refractivity contribution in [3.05, 3.63) is 24.2 Å². The first-order valence-corrected chi connectivity index (χ1v) is 6.81. The Morgan fingerprint density at radius 2 is 2.31 bits per heavy atom. The minimum absolute atomic E-state index is 0.106. The normalized spacial score (nSPS) is 24.6. The fraction of sp³-hybridized carbons (Fsp3) is 0.583. The van der Waals surface area contributed by atoms with Gasteiger partial charge in [0.05, 0.1) is 6.26 Å². The summed E-state index contributed by atoms with van der Waals surface area (Å²) in [6.07, 6.45) is 5.28. The van der Waals surface area contributed by atoms with Crippen LogP contribution < -0.4 is 5.32 Å². The lowest BCUT2D eigenvalue weighted by Crippen LogP contribution is -2.30. The van der Waals surface area contributed by atoms with Crippen LogP contribution in [0.1, 0.15) is 29.8 Å². The van der Waals surface area contributed by atoms with E-state index in [0.29, 0.717) is 17.6 Å². The predicted molar refractivity (Wildman–Crippen MR) is 65.7 cm³/mol. The molecular weight excluding hydrogens is 270 g/mol. The van der Waals surface area contributed by atoms with Gasteiger partial charge in [0.1, 0.15) is 0 Å². The maximum atomic E-state index is 11.6. The summed E-state index contributed by atoms with van der Waals surface area (Å²) >= 11 is 3.53. The summed E-state index contributed by atoms with van der Waals surface area (Å²) in [7, 11) is 0. The second-order valence-electron chi connectivity index (χ2n) is 4.29. The molecular formula is C12H16BrNO2. The van der Waals surface area contributed by atoms with Gasteiger partial charge in [0, 0.05) is 11.9 Å². The molecule has 0 saturated heterocycles. The Kier molecular flexibility index (Phi) is 4.04. The third kappa shape index (κ3) is 2.67. The number of alkyl halides is 1. The van der Waals surface area contributed by atoms with Crippen molar-refractivity contribution in [1.82, 2.24) is 5.32 Å². The van der Waals surface area contributed by atoms with Gasteiger partial charge >= 0.3 is 0 Å². The smallest absolute Gasteiger partial charge is 0.286 e. The molecule has 88 valence electrons. The molecule has 1 N–H and O–H groups in total. The molecule has 1 saturated carbocycles. The molecule has 2 rings (SSSR count). The molecule has 1 aliphatic carbocycles. The number of furan rings is 1. The molecule has 1 amide bonds. The van der Waals surface area contributed by atoms with Crippen LogP contribution >= 0.6 is 15.9 Å². The fourth-order valence-corrected chi connectivity index (χ4v) is 3.16. The van der Waals surface area contributed by atoms with Crippen molar-refractivity contribution in [2.75, 3.05) is 11.9 Å². The van der Waals surface area contributed by atoms with Crippen LogP contribution in [0.5, 0.6) is 0 Å². The van der Waals surface area contributed by atoms with Gasteiger partial charge in [0.2, 0.25) is 0 Å². The van der Waals surface area contributed by atoms with Gasteiger partial charge in [-0.2, -0.15) is 0 Å². The number of amides is 1. The Labute approximate surface area is 104 Å². The summed E-state index contributed by atoms with van der Waals surface area (Å²) in [4.78, 5) is 11.6. The van der Waals surface area contributed by atoms with Crippen molar-refractivity contribution < 1.29 is 9.21 Å². The van der Waals surface area contributed by atoms with Gasteiger partial charge in [0.25, 0.3) is 5.91 Å². The predicted octanol–water partition coefficient (Wildman–Crippen LogP) is 2.82. The van der Waals surface area contributed by atoms with E-state index in [4.69, 9.17) is 4.42 Å². The van der Waals surface area contributed by atoms with Crippen LogP contribution in [0.25, 0.3) is 0 Å². The highest BCUT2D eigenvalue weighted by Crippen LogP contribution is 2.32. The van der Waals surface area contributed by atoms with E-state index in [0.717, 1.165) is 11.9 Å². The quantitative estimate of drug-likeness (QED) is 0.865. The fourth-order valence-electron chi connectivity index (χ4n) is 2.30. The number of rotatable bonds is 4. The average Bonchev–Trinajstić information content (AvgIpc) is 2.96. The molecule has 1 aromatic heterocycles. The van der Waals surface area contributed by atoms with E-state index in [-0.39, 0.29) is 5.91 Å². The Morgan fingerprint density at radius 3 is 3.00 bits per heavy atom. The van der Waals surface area contributed by atoms with Crippen molar-refractivity contribution in [2.24, 2.45) is 11.8 Å². The molecule has 0 bridgehead atoms. The third-order valence-corrected chi connectivity index (χ3v) is 4.12. The molecule has 1 aromatic rings. The van der Waals surface area contributed by atoms with Crippen molar-refractivity contribution in [1.29, 1.82) is 0 Å². The standard InChI is InChI=1S/C12H16BrNO2/c13-7-9-3-1-4-10(9)8-14-12(15)11-5-2-6-16-11/h2,5-6,9-10H,1,3-4,7-8H2,(H,14,15). The molecule has 0 radical (unpaired) electrons. The minimum atomic E-state index is -0.106. The molecule has 3 nitrogen and oxygen atoms in total. The largest absolute Gasteiger partial charge is 0.459 e. The number of hydrogen-bond acceptors (Lipinski definition) is 2. The molecule has 16 heavy (non-hydrogen) atoms. The topological polar surface area (TPSA) is 42.2 Å². The van der Waals surface area contributed by atoms with Gasteiger partial charge in [-0.15, -0.1) is 0 Å². The summed E-state index contributed by atoms with van der Waals surface area (Å²) in [5, 5.41) is 3.97. The maximum absolute atomic E-state index is 11.6. The Morgan fingerprint density at radius 1 is 1.50 bits per heavy atom. The SMILES string of the molecule is O=C(NCC1CCCC1CBr)c1ccco1. The zero-order valence-electron chi connectivity index (χ0n) is 9.12. The van der Waals surface area contributed by atoms with E-state index in [1.54, 1.807) is 12.1 Å². The van der Waals surface area contributed by atoms with Crippen LogP contribution in [0.4, 0.5) is 0 Å². The Balaban J connectivity index is 1.81. The van der Waals surface area contributed by atoms with Crippen molar-refractivity contribution in [3.63, 3.8) is 0 Å². The second kappa shape index (κ2) is 5.53. The van der Waals surface area contributed by atoms with E-state index in [1.165, 1.54) is 25.5 Å². The summed E-state index contributed by atoms with van der Waals surface area (Å²) < 4.78 is 5.04. The molecule has 0 spiro atoms. The van der Waals surface area contributed by atoms with Crippen LogP contribution in [0, 0.1) is 11.8 Å². The lowest BCUT2D eigenvalue weighted by Gasteiger charge is -2.17. The molecule has 0 aliphatic heterocycles. The highest BCUT2D eigenvalue weighted by molar-refractivity contribution is 9.09. The third-order valence-electron chi connectivity index (χ3n) is 3.28. The number of carbonyl (C=O) groups excluding carboxylic acids is 1. The first kappa shape index (κ1) is 11.7. The van der Waals surface area contributed by atoms with E-state index in [2.05, 4.69) is 21.2 Å². The van der Waals surface area contributed by atoms with E-state index in [9.17, 15) is 4.79 Å². The molecule has 2 atom stereocenters. The highest BCUT2D eigenvalue weighted by Gasteiger charge is 2.26. The van der Waals surface area contributed by atoms with Gasteiger partial charge in [-0.05, 0) is 36.8 Å². The highest BCUT2D eigenvalue weighted by atomic mass is 79.9. The molecule has 1 heterocycles. The minimum Gasteiger partial charge on any atom is -0.459 e. The van der Waals surface area contributed by atoms with Gasteiger partial charge < -0.3 is 9.73 Å². The number of carbonyl (C=O) groups is 1. The first-order chi connectivity index (χ1) is 7.81. The van der Waals surface area contributed by atoms with E-state index < -0.39 is 0 Å². The van der Waals surface area contributed by atoms with Crippen molar-refractivity contribution in [2.45, 2.75) is 19.3 Å². The van der Waals surface area contributed by atoms with Crippen LogP contribution in [0.15, 0.2) is 22.8 Å². The maximum Gasteiger partial charge on any atom is 0.286 e. The lowest BCUT2D eigenvalue weighted by molar-refractivity contribution is 0.0917. The van der Waals surface area contributed by atoms with Gasteiger partial charge in [-0.3, -0.25) is 4.79 Å². The Bertz CT molecular complexity index is 337. The summed E-state index contributed by atoms with van der Waals surface area (Å²) in [5.41, 5.74) is 0.